The Balaban J connectivity index is 1.63. The number of esters is 1. The molecule has 0 amide bonds. The lowest BCUT2D eigenvalue weighted by atomic mass is 9.98. The van der Waals surface area contributed by atoms with Crippen LogP contribution in [0.3, 0.4) is 0 Å². The van der Waals surface area contributed by atoms with E-state index in [1.807, 2.05) is 30.3 Å². The van der Waals surface area contributed by atoms with Gasteiger partial charge in [-0.3, -0.25) is 0 Å². The van der Waals surface area contributed by atoms with Gasteiger partial charge >= 0.3 is 5.97 Å². The van der Waals surface area contributed by atoms with E-state index in [1.165, 1.54) is 6.07 Å². The summed E-state index contributed by atoms with van der Waals surface area (Å²) in [6.07, 6.45) is 0.421. The van der Waals surface area contributed by atoms with Crippen molar-refractivity contribution in [2.75, 3.05) is 6.61 Å². The third-order valence-corrected chi connectivity index (χ3v) is 5.28. The van der Waals surface area contributed by atoms with E-state index in [2.05, 4.69) is 13.2 Å². The molecule has 176 valence electrons. The molecule has 34 heavy (non-hydrogen) atoms. The van der Waals surface area contributed by atoms with Gasteiger partial charge in [-0.15, -0.1) is 0 Å². The number of hydrogen-bond donors (Lipinski definition) is 1. The van der Waals surface area contributed by atoms with Crippen molar-refractivity contribution in [2.24, 2.45) is 0 Å². The van der Waals surface area contributed by atoms with Gasteiger partial charge in [0.2, 0.25) is 6.29 Å². The lowest BCUT2D eigenvalue weighted by Gasteiger charge is -2.13. The maximum atomic E-state index is 14.9. The number of carbonyl (C=O) groups excluding carboxylic acids is 1. The molecule has 3 rings (SSSR count). The third-order valence-electron chi connectivity index (χ3n) is 5.28. The Labute approximate surface area is 200 Å². The van der Waals surface area contributed by atoms with E-state index in [4.69, 9.17) is 9.47 Å². The van der Waals surface area contributed by atoms with Gasteiger partial charge in [0.05, 0.1) is 6.61 Å². The summed E-state index contributed by atoms with van der Waals surface area (Å²) in [6.45, 7) is 10.9. The predicted octanol–water partition coefficient (Wildman–Crippen LogP) is 6.48. The molecule has 0 aliphatic carbocycles. The van der Waals surface area contributed by atoms with Gasteiger partial charge in [-0.1, -0.05) is 61.7 Å². The molecular formula is C29H29FO4. The Hall–Kier alpha value is -3.70. The molecule has 0 saturated carbocycles. The van der Waals surface area contributed by atoms with Crippen LogP contribution in [0.25, 0.3) is 22.3 Å². The first-order valence-corrected chi connectivity index (χ1v) is 11.1. The molecule has 3 aromatic carbocycles. The van der Waals surface area contributed by atoms with Crippen LogP contribution in [0.4, 0.5) is 4.39 Å². The van der Waals surface area contributed by atoms with Crippen LogP contribution in [-0.4, -0.2) is 24.0 Å². The lowest BCUT2D eigenvalue weighted by Crippen LogP contribution is -2.15. The molecule has 5 heteroatoms. The topological polar surface area (TPSA) is 55.8 Å². The van der Waals surface area contributed by atoms with E-state index in [9.17, 15) is 14.3 Å². The second-order valence-electron chi connectivity index (χ2n) is 8.25. The highest BCUT2D eigenvalue weighted by Crippen LogP contribution is 2.29. The Bertz CT molecular complexity index is 1160. The molecule has 0 aliphatic rings. The molecule has 0 saturated heterocycles. The van der Waals surface area contributed by atoms with Gasteiger partial charge in [0.15, 0.2) is 0 Å². The molecule has 0 heterocycles. The summed E-state index contributed by atoms with van der Waals surface area (Å²) in [6, 6.07) is 20.0. The standard InChI is InChI=1S/C29H29FO4/c1-19(2)28(31)33-17-5-6-21-7-9-22(10-8-21)24-13-16-26(27(30)18-24)23-11-14-25(15-12-23)34-29(32)20(3)4/h7-16,18,29,32H,1,3,5-6,17H2,2,4H3. The van der Waals surface area contributed by atoms with Crippen molar-refractivity contribution in [1.82, 2.24) is 0 Å². The SMILES string of the molecule is C=C(C)C(=O)OCCCc1ccc(-c2ccc(-c3ccc(OC(O)C(=C)C)cc3)c(F)c2)cc1. The smallest absolute Gasteiger partial charge is 0.333 e. The molecule has 0 aromatic heterocycles. The van der Waals surface area contributed by atoms with Crippen LogP contribution in [0.5, 0.6) is 5.75 Å². The quantitative estimate of drug-likeness (QED) is 0.124. The van der Waals surface area contributed by atoms with Crippen LogP contribution in [0, 0.1) is 5.82 Å². The lowest BCUT2D eigenvalue weighted by molar-refractivity contribution is -0.139. The molecule has 0 radical (unpaired) electrons. The van der Waals surface area contributed by atoms with Gasteiger partial charge in [0.25, 0.3) is 0 Å². The minimum atomic E-state index is -1.08. The number of carbonyl (C=O) groups is 1. The molecule has 1 N–H and O–H groups in total. The fraction of sp³-hybridized carbons (Fsp3) is 0.207. The Morgan fingerprint density at radius 3 is 2.15 bits per heavy atom. The van der Waals surface area contributed by atoms with E-state index in [0.717, 1.165) is 29.5 Å². The van der Waals surface area contributed by atoms with Crippen molar-refractivity contribution in [2.45, 2.75) is 33.0 Å². The van der Waals surface area contributed by atoms with Gasteiger partial charge in [-0.2, -0.15) is 0 Å². The van der Waals surface area contributed by atoms with Gasteiger partial charge in [0.1, 0.15) is 11.6 Å². The average molecular weight is 461 g/mol. The summed E-state index contributed by atoms with van der Waals surface area (Å²) >= 11 is 0. The molecule has 0 aliphatic heterocycles. The first kappa shape index (κ1) is 24.9. The first-order chi connectivity index (χ1) is 16.2. The molecule has 1 atom stereocenters. The second-order valence-corrected chi connectivity index (χ2v) is 8.25. The number of ether oxygens (including phenoxy) is 2. The van der Waals surface area contributed by atoms with Crippen molar-refractivity contribution in [3.8, 4) is 28.0 Å². The highest BCUT2D eigenvalue weighted by atomic mass is 19.1. The van der Waals surface area contributed by atoms with Crippen LogP contribution in [0.1, 0.15) is 25.8 Å². The summed E-state index contributed by atoms with van der Waals surface area (Å²) in [7, 11) is 0. The van der Waals surface area contributed by atoms with Crippen LogP contribution in [0.15, 0.2) is 91.0 Å². The van der Waals surface area contributed by atoms with E-state index < -0.39 is 6.29 Å². The normalized spacial score (nSPS) is 11.5. The number of aliphatic hydroxyl groups is 1. The number of hydrogen-bond acceptors (Lipinski definition) is 4. The van der Waals surface area contributed by atoms with Crippen molar-refractivity contribution in [3.05, 3.63) is 102 Å². The van der Waals surface area contributed by atoms with Crippen LogP contribution >= 0.6 is 0 Å². The zero-order valence-electron chi connectivity index (χ0n) is 19.5. The summed E-state index contributed by atoms with van der Waals surface area (Å²) in [5.41, 5.74) is 4.91. The Morgan fingerprint density at radius 1 is 0.941 bits per heavy atom. The van der Waals surface area contributed by atoms with Crippen LogP contribution in [0.2, 0.25) is 0 Å². The van der Waals surface area contributed by atoms with E-state index >= 15 is 0 Å². The second kappa shape index (κ2) is 11.4. The summed E-state index contributed by atoms with van der Waals surface area (Å²) in [5, 5.41) is 9.76. The van der Waals surface area contributed by atoms with Crippen molar-refractivity contribution >= 4 is 5.97 Å². The van der Waals surface area contributed by atoms with Crippen LogP contribution in [-0.2, 0) is 16.0 Å². The number of aryl methyl sites for hydroxylation is 1. The van der Waals surface area contributed by atoms with Gasteiger partial charge in [-0.25, -0.2) is 9.18 Å². The number of rotatable bonds is 10. The number of benzene rings is 3. The largest absolute Gasteiger partial charge is 0.462 e. The summed E-state index contributed by atoms with van der Waals surface area (Å²) < 4.78 is 25.4. The average Bonchev–Trinajstić information content (AvgIpc) is 2.82. The Kier molecular flexibility index (Phi) is 8.39. The van der Waals surface area contributed by atoms with Gasteiger partial charge < -0.3 is 14.6 Å². The first-order valence-electron chi connectivity index (χ1n) is 11.1. The molecule has 0 bridgehead atoms. The maximum Gasteiger partial charge on any atom is 0.333 e. The monoisotopic (exact) mass is 460 g/mol. The molecule has 4 nitrogen and oxygen atoms in total. The van der Waals surface area contributed by atoms with E-state index in [0.29, 0.717) is 34.6 Å². The zero-order valence-corrected chi connectivity index (χ0v) is 19.5. The zero-order chi connectivity index (χ0) is 24.7. The highest BCUT2D eigenvalue weighted by Gasteiger charge is 2.10. The molecule has 0 fully saturated rings. The van der Waals surface area contributed by atoms with Crippen molar-refractivity contribution < 1.29 is 23.8 Å². The van der Waals surface area contributed by atoms with E-state index in [-0.39, 0.29) is 11.8 Å². The summed E-state index contributed by atoms with van der Waals surface area (Å²) in [4.78, 5) is 11.4. The number of aliphatic hydroxyl groups excluding tert-OH is 1. The number of halogens is 1. The minimum Gasteiger partial charge on any atom is -0.462 e. The van der Waals surface area contributed by atoms with Gasteiger partial charge in [-0.05, 0) is 72.7 Å². The highest BCUT2D eigenvalue weighted by molar-refractivity contribution is 5.86. The van der Waals surface area contributed by atoms with Crippen molar-refractivity contribution in [3.63, 3.8) is 0 Å². The fourth-order valence-electron chi connectivity index (χ4n) is 3.30. The molecule has 0 spiro atoms. The third kappa shape index (κ3) is 6.65. The van der Waals surface area contributed by atoms with E-state index in [1.54, 1.807) is 44.2 Å². The molecule has 3 aromatic rings. The fourth-order valence-corrected chi connectivity index (χ4v) is 3.30. The summed E-state index contributed by atoms with van der Waals surface area (Å²) in [5.74, 6) is -0.214. The Morgan fingerprint density at radius 2 is 1.56 bits per heavy atom. The van der Waals surface area contributed by atoms with Crippen molar-refractivity contribution in [1.29, 1.82) is 0 Å². The predicted molar refractivity (Wildman–Crippen MR) is 133 cm³/mol. The van der Waals surface area contributed by atoms with Gasteiger partial charge in [0, 0.05) is 11.1 Å². The minimum absolute atomic E-state index is 0.323. The van der Waals surface area contributed by atoms with Crippen LogP contribution < -0.4 is 4.74 Å². The maximum absolute atomic E-state index is 14.9. The molecule has 1 unspecified atom stereocenters. The molecular weight excluding hydrogens is 431 g/mol.